The molecular formula is C8H14N4O. The van der Waals surface area contributed by atoms with Crippen molar-refractivity contribution >= 4 is 11.6 Å². The predicted molar refractivity (Wildman–Crippen MR) is 51.4 cm³/mol. The second-order valence-electron chi connectivity index (χ2n) is 2.45. The van der Waals surface area contributed by atoms with Gasteiger partial charge in [-0.2, -0.15) is 0 Å². The molecule has 1 aromatic heterocycles. The van der Waals surface area contributed by atoms with Crippen molar-refractivity contribution in [1.29, 1.82) is 0 Å². The van der Waals surface area contributed by atoms with Crippen molar-refractivity contribution in [1.82, 2.24) is 9.97 Å². The van der Waals surface area contributed by atoms with Gasteiger partial charge in [-0.15, -0.1) is 0 Å². The van der Waals surface area contributed by atoms with Crippen molar-refractivity contribution in [3.05, 3.63) is 12.4 Å². The molecule has 0 aromatic carbocycles. The van der Waals surface area contributed by atoms with Gasteiger partial charge in [0.25, 0.3) is 0 Å². The topological polar surface area (TPSA) is 73.1 Å². The van der Waals surface area contributed by atoms with Crippen molar-refractivity contribution < 1.29 is 4.74 Å². The maximum absolute atomic E-state index is 5.44. The van der Waals surface area contributed by atoms with Crippen molar-refractivity contribution in [3.63, 3.8) is 0 Å². The summed E-state index contributed by atoms with van der Waals surface area (Å²) in [7, 11) is 0. The van der Waals surface area contributed by atoms with Crippen LogP contribution in [0.2, 0.25) is 0 Å². The number of nitrogen functional groups attached to an aromatic ring is 1. The van der Waals surface area contributed by atoms with Crippen molar-refractivity contribution in [2.24, 2.45) is 0 Å². The van der Waals surface area contributed by atoms with Crippen LogP contribution in [-0.4, -0.2) is 29.7 Å². The summed E-state index contributed by atoms with van der Waals surface area (Å²) < 4.78 is 5.14. The van der Waals surface area contributed by atoms with E-state index in [4.69, 9.17) is 10.5 Å². The average Bonchev–Trinajstić information content (AvgIpc) is 2.13. The third kappa shape index (κ3) is 3.71. The van der Waals surface area contributed by atoms with Gasteiger partial charge in [0.15, 0.2) is 0 Å². The van der Waals surface area contributed by atoms with Crippen LogP contribution in [0.4, 0.5) is 11.6 Å². The van der Waals surface area contributed by atoms with Gasteiger partial charge in [0, 0.05) is 13.2 Å². The molecule has 0 saturated carbocycles. The number of ether oxygens (including phenoxy) is 1. The number of hydrogen-bond donors (Lipinski definition) is 2. The largest absolute Gasteiger partial charge is 0.382 e. The fraction of sp³-hybridized carbons (Fsp3) is 0.500. The molecule has 72 valence electrons. The van der Waals surface area contributed by atoms with E-state index in [0.29, 0.717) is 24.8 Å². The highest BCUT2D eigenvalue weighted by molar-refractivity contribution is 5.38. The Kier molecular flexibility index (Phi) is 3.98. The SMILES string of the molecule is CCOCCNc1cncc(N)n1. The van der Waals surface area contributed by atoms with Gasteiger partial charge >= 0.3 is 0 Å². The van der Waals surface area contributed by atoms with E-state index in [1.54, 1.807) is 6.20 Å². The molecule has 0 fully saturated rings. The lowest BCUT2D eigenvalue weighted by Crippen LogP contribution is -2.10. The molecular weight excluding hydrogens is 168 g/mol. The summed E-state index contributed by atoms with van der Waals surface area (Å²) in [6, 6.07) is 0. The normalized spacial score (nSPS) is 9.92. The van der Waals surface area contributed by atoms with Crippen molar-refractivity contribution in [3.8, 4) is 0 Å². The van der Waals surface area contributed by atoms with Gasteiger partial charge in [-0.05, 0) is 6.92 Å². The minimum atomic E-state index is 0.418. The Morgan fingerprint density at radius 2 is 2.38 bits per heavy atom. The van der Waals surface area contributed by atoms with Gasteiger partial charge in [-0.1, -0.05) is 0 Å². The summed E-state index contributed by atoms with van der Waals surface area (Å²) in [5, 5.41) is 3.04. The maximum Gasteiger partial charge on any atom is 0.147 e. The number of anilines is 2. The van der Waals surface area contributed by atoms with E-state index in [2.05, 4.69) is 15.3 Å². The zero-order valence-corrected chi connectivity index (χ0v) is 7.66. The monoisotopic (exact) mass is 182 g/mol. The summed E-state index contributed by atoms with van der Waals surface area (Å²) in [5.41, 5.74) is 5.44. The summed E-state index contributed by atoms with van der Waals surface area (Å²) in [5.74, 6) is 1.10. The standard InChI is InChI=1S/C8H14N4O/c1-2-13-4-3-11-8-6-10-5-7(9)12-8/h5-6H,2-4H2,1H3,(H3,9,11,12). The van der Waals surface area contributed by atoms with Crippen LogP contribution < -0.4 is 11.1 Å². The third-order valence-electron chi connectivity index (χ3n) is 1.41. The predicted octanol–water partition coefficient (Wildman–Crippen LogP) is 0.507. The van der Waals surface area contributed by atoms with Gasteiger partial charge in [0.2, 0.25) is 0 Å². The number of nitrogens with zero attached hydrogens (tertiary/aromatic N) is 2. The van der Waals surface area contributed by atoms with E-state index in [-0.39, 0.29) is 0 Å². The Bertz CT molecular complexity index is 254. The fourth-order valence-electron chi connectivity index (χ4n) is 0.862. The van der Waals surface area contributed by atoms with Gasteiger partial charge in [-0.3, -0.25) is 4.98 Å². The van der Waals surface area contributed by atoms with Crippen molar-refractivity contribution in [2.45, 2.75) is 6.92 Å². The first kappa shape index (κ1) is 9.73. The first-order chi connectivity index (χ1) is 6.33. The molecule has 1 aromatic rings. The van der Waals surface area contributed by atoms with Crippen LogP contribution >= 0.6 is 0 Å². The van der Waals surface area contributed by atoms with E-state index in [1.807, 2.05) is 6.92 Å². The number of nitrogens with two attached hydrogens (primary N) is 1. The van der Waals surface area contributed by atoms with E-state index >= 15 is 0 Å². The van der Waals surface area contributed by atoms with E-state index in [0.717, 1.165) is 6.61 Å². The molecule has 0 bridgehead atoms. The smallest absolute Gasteiger partial charge is 0.147 e. The zero-order chi connectivity index (χ0) is 9.52. The molecule has 13 heavy (non-hydrogen) atoms. The molecule has 0 spiro atoms. The van der Waals surface area contributed by atoms with Gasteiger partial charge in [0.05, 0.1) is 19.0 Å². The lowest BCUT2D eigenvalue weighted by atomic mass is 10.6. The van der Waals surface area contributed by atoms with Gasteiger partial charge in [-0.25, -0.2) is 4.98 Å². The molecule has 5 nitrogen and oxygen atoms in total. The molecule has 0 aliphatic rings. The highest BCUT2D eigenvalue weighted by Gasteiger charge is 1.93. The van der Waals surface area contributed by atoms with Crippen LogP contribution in [0.5, 0.6) is 0 Å². The minimum Gasteiger partial charge on any atom is -0.382 e. The second kappa shape index (κ2) is 5.31. The lowest BCUT2D eigenvalue weighted by Gasteiger charge is -2.04. The summed E-state index contributed by atoms with van der Waals surface area (Å²) in [6.45, 7) is 4.06. The Morgan fingerprint density at radius 3 is 3.08 bits per heavy atom. The molecule has 1 heterocycles. The van der Waals surface area contributed by atoms with Crippen LogP contribution in [0.3, 0.4) is 0 Å². The Hall–Kier alpha value is -1.36. The molecule has 0 unspecified atom stereocenters. The van der Waals surface area contributed by atoms with Crippen LogP contribution in [-0.2, 0) is 4.74 Å². The molecule has 1 rings (SSSR count). The van der Waals surface area contributed by atoms with Gasteiger partial charge in [0.1, 0.15) is 11.6 Å². The third-order valence-corrected chi connectivity index (χ3v) is 1.41. The number of nitrogens with one attached hydrogen (secondary N) is 1. The highest BCUT2D eigenvalue weighted by atomic mass is 16.5. The zero-order valence-electron chi connectivity index (χ0n) is 7.66. The number of aromatic nitrogens is 2. The molecule has 0 saturated heterocycles. The Labute approximate surface area is 77.3 Å². The van der Waals surface area contributed by atoms with E-state index in [9.17, 15) is 0 Å². The summed E-state index contributed by atoms with van der Waals surface area (Å²) >= 11 is 0. The molecule has 0 atom stereocenters. The highest BCUT2D eigenvalue weighted by Crippen LogP contribution is 2.01. The maximum atomic E-state index is 5.44. The van der Waals surface area contributed by atoms with E-state index in [1.165, 1.54) is 6.20 Å². The van der Waals surface area contributed by atoms with Crippen LogP contribution in [0.1, 0.15) is 6.92 Å². The van der Waals surface area contributed by atoms with Crippen LogP contribution in [0.25, 0.3) is 0 Å². The second-order valence-corrected chi connectivity index (χ2v) is 2.45. The Balaban J connectivity index is 2.28. The number of hydrogen-bond acceptors (Lipinski definition) is 5. The first-order valence-electron chi connectivity index (χ1n) is 4.22. The first-order valence-corrected chi connectivity index (χ1v) is 4.22. The summed E-state index contributed by atoms with van der Waals surface area (Å²) in [6.07, 6.45) is 3.13. The molecule has 0 aliphatic heterocycles. The van der Waals surface area contributed by atoms with E-state index < -0.39 is 0 Å². The molecule has 0 aliphatic carbocycles. The molecule has 5 heteroatoms. The van der Waals surface area contributed by atoms with Gasteiger partial charge < -0.3 is 15.8 Å². The Morgan fingerprint density at radius 1 is 1.54 bits per heavy atom. The van der Waals surface area contributed by atoms with Crippen molar-refractivity contribution in [2.75, 3.05) is 30.8 Å². The minimum absolute atomic E-state index is 0.418. The van der Waals surface area contributed by atoms with Crippen LogP contribution in [0.15, 0.2) is 12.4 Å². The average molecular weight is 182 g/mol. The molecule has 0 amide bonds. The molecule has 0 radical (unpaired) electrons. The van der Waals surface area contributed by atoms with Crippen LogP contribution in [0, 0.1) is 0 Å². The molecule has 3 N–H and O–H groups in total. The quantitative estimate of drug-likeness (QED) is 0.649. The summed E-state index contributed by atoms with van der Waals surface area (Å²) in [4.78, 5) is 7.91. The lowest BCUT2D eigenvalue weighted by molar-refractivity contribution is 0.158. The fourth-order valence-corrected chi connectivity index (χ4v) is 0.862. The number of rotatable bonds is 5.